The highest BCUT2D eigenvalue weighted by Gasteiger charge is 2.26. The minimum Gasteiger partial charge on any atom is -0.493 e. The van der Waals surface area contributed by atoms with Crippen molar-refractivity contribution >= 4 is 23.2 Å². The molecule has 0 spiro atoms. The largest absolute Gasteiger partial charge is 0.493 e. The summed E-state index contributed by atoms with van der Waals surface area (Å²) in [7, 11) is 3.08. The van der Waals surface area contributed by atoms with Gasteiger partial charge < -0.3 is 24.1 Å². The van der Waals surface area contributed by atoms with Crippen LogP contribution in [0.25, 0.3) is 0 Å². The summed E-state index contributed by atoms with van der Waals surface area (Å²) in [6, 6.07) is 7.98. The van der Waals surface area contributed by atoms with Crippen LogP contribution in [-0.4, -0.2) is 63.2 Å². The first-order chi connectivity index (χ1) is 14.4. The van der Waals surface area contributed by atoms with Gasteiger partial charge in [0.1, 0.15) is 18.5 Å². The van der Waals surface area contributed by atoms with E-state index in [1.165, 1.54) is 26.4 Å². The van der Waals surface area contributed by atoms with Crippen molar-refractivity contribution in [2.75, 3.05) is 47.1 Å². The number of aliphatic hydroxyl groups excluding tert-OH is 1. The Hall–Kier alpha value is -1.77. The maximum Gasteiger partial charge on any atom is 0.203 e. The highest BCUT2D eigenvalue weighted by atomic mass is 35.5. The van der Waals surface area contributed by atoms with Crippen LogP contribution in [0.3, 0.4) is 0 Å². The van der Waals surface area contributed by atoms with E-state index in [0.29, 0.717) is 54.1 Å². The number of methoxy groups -OCH3 is 2. The van der Waals surface area contributed by atoms with E-state index in [2.05, 4.69) is 0 Å². The molecule has 1 fully saturated rings. The number of nitrogens with zero attached hydrogens (tertiary/aromatic N) is 1. The average molecular weight is 460 g/mol. The van der Waals surface area contributed by atoms with Crippen LogP contribution < -0.4 is 14.2 Å². The number of aliphatic hydroxyl groups is 1. The zero-order valence-electron chi connectivity index (χ0n) is 16.7. The van der Waals surface area contributed by atoms with Crippen molar-refractivity contribution in [3.8, 4) is 17.2 Å². The van der Waals surface area contributed by atoms with Gasteiger partial charge in [-0.05, 0) is 24.3 Å². The van der Waals surface area contributed by atoms with Gasteiger partial charge in [0.2, 0.25) is 5.75 Å². The van der Waals surface area contributed by atoms with Gasteiger partial charge >= 0.3 is 0 Å². The van der Waals surface area contributed by atoms with Crippen molar-refractivity contribution in [3.05, 3.63) is 51.8 Å². The average Bonchev–Trinajstić information content (AvgIpc) is 2.74. The van der Waals surface area contributed by atoms with Crippen LogP contribution in [0.2, 0.25) is 10.0 Å². The van der Waals surface area contributed by atoms with Crippen LogP contribution >= 0.6 is 23.2 Å². The summed E-state index contributed by atoms with van der Waals surface area (Å²) >= 11 is 12.0. The Morgan fingerprint density at radius 2 is 1.90 bits per heavy atom. The highest BCUT2D eigenvalue weighted by Crippen LogP contribution is 2.37. The summed E-state index contributed by atoms with van der Waals surface area (Å²) in [6.07, 6.45) is -1.18. The lowest BCUT2D eigenvalue weighted by Gasteiger charge is -2.34. The molecule has 0 bridgehead atoms. The molecule has 0 radical (unpaired) electrons. The van der Waals surface area contributed by atoms with E-state index in [4.69, 9.17) is 42.1 Å². The number of hydrogen-bond acceptors (Lipinski definition) is 6. The smallest absolute Gasteiger partial charge is 0.203 e. The third kappa shape index (κ3) is 5.47. The Morgan fingerprint density at radius 3 is 2.57 bits per heavy atom. The minimum atomic E-state index is -0.768. The van der Waals surface area contributed by atoms with Gasteiger partial charge in [0.15, 0.2) is 11.5 Å². The van der Waals surface area contributed by atoms with Gasteiger partial charge in [-0.2, -0.15) is 0 Å². The summed E-state index contributed by atoms with van der Waals surface area (Å²) in [5.41, 5.74) is 0.535. The molecule has 2 aromatic rings. The van der Waals surface area contributed by atoms with Gasteiger partial charge in [-0.1, -0.05) is 29.3 Å². The Labute approximate surface area is 185 Å². The molecule has 1 heterocycles. The highest BCUT2D eigenvalue weighted by molar-refractivity contribution is 6.35. The molecule has 0 saturated carbocycles. The lowest BCUT2D eigenvalue weighted by molar-refractivity contribution is -0.0461. The summed E-state index contributed by atoms with van der Waals surface area (Å²) in [5, 5.41) is 10.8. The molecule has 0 aromatic heterocycles. The molecule has 0 amide bonds. The molecule has 164 valence electrons. The number of ether oxygens (including phenoxy) is 4. The van der Waals surface area contributed by atoms with E-state index in [0.717, 1.165) is 0 Å². The predicted octanol–water partition coefficient (Wildman–Crippen LogP) is 3.96. The number of hydrogen-bond donors (Lipinski definition) is 1. The van der Waals surface area contributed by atoms with Crippen LogP contribution in [0.1, 0.15) is 11.7 Å². The molecular weight excluding hydrogens is 436 g/mol. The van der Waals surface area contributed by atoms with E-state index in [9.17, 15) is 9.50 Å². The van der Waals surface area contributed by atoms with E-state index in [1.807, 2.05) is 4.90 Å². The van der Waals surface area contributed by atoms with Crippen LogP contribution in [0.4, 0.5) is 4.39 Å². The van der Waals surface area contributed by atoms with Crippen molar-refractivity contribution in [1.82, 2.24) is 4.90 Å². The Morgan fingerprint density at radius 1 is 1.20 bits per heavy atom. The number of benzene rings is 2. The molecule has 1 N–H and O–H groups in total. The van der Waals surface area contributed by atoms with Gasteiger partial charge in [0, 0.05) is 30.2 Å². The molecule has 6 nitrogen and oxygen atoms in total. The molecule has 9 heteroatoms. The molecule has 1 saturated heterocycles. The fourth-order valence-electron chi connectivity index (χ4n) is 3.33. The Kier molecular flexibility index (Phi) is 8.02. The second-order valence-electron chi connectivity index (χ2n) is 6.86. The van der Waals surface area contributed by atoms with E-state index < -0.39 is 18.0 Å². The number of morpholine rings is 1. The van der Waals surface area contributed by atoms with Crippen LogP contribution in [0.15, 0.2) is 30.3 Å². The van der Waals surface area contributed by atoms with Gasteiger partial charge in [-0.25, -0.2) is 4.39 Å². The van der Waals surface area contributed by atoms with Gasteiger partial charge in [0.25, 0.3) is 0 Å². The standard InChI is InChI=1S/C21H24Cl2FNO5/c1-27-18-4-3-5-19(28-2)21(18)30-12-13(26)10-25-6-7-29-20(11-25)14-8-17(24)16(23)9-15(14)22/h3-5,8-9,13,20,26H,6-7,10-12H2,1-2H3. The topological polar surface area (TPSA) is 60.4 Å². The first-order valence-corrected chi connectivity index (χ1v) is 10.2. The summed E-state index contributed by atoms with van der Waals surface area (Å²) < 4.78 is 36.0. The van der Waals surface area contributed by atoms with Gasteiger partial charge in [0.05, 0.1) is 32.0 Å². The fraction of sp³-hybridized carbons (Fsp3) is 0.429. The van der Waals surface area contributed by atoms with Crippen molar-refractivity contribution < 1.29 is 28.4 Å². The lowest BCUT2D eigenvalue weighted by atomic mass is 10.1. The second kappa shape index (κ2) is 10.5. The van der Waals surface area contributed by atoms with Crippen LogP contribution in [0, 0.1) is 5.82 Å². The molecule has 0 aliphatic carbocycles. The Bertz CT molecular complexity index is 847. The number of β-amino-alcohol motifs (C(OH)–C–C–N with tert-alkyl or cyclic N) is 1. The fourth-order valence-corrected chi connectivity index (χ4v) is 3.84. The van der Waals surface area contributed by atoms with Crippen LogP contribution in [-0.2, 0) is 4.74 Å². The molecular formula is C21H24Cl2FNO5. The molecule has 1 aliphatic rings. The quantitative estimate of drug-likeness (QED) is 0.602. The lowest BCUT2D eigenvalue weighted by Crippen LogP contribution is -2.43. The molecule has 2 aromatic carbocycles. The minimum absolute atomic E-state index is 0.0317. The molecule has 2 unspecified atom stereocenters. The predicted molar refractivity (Wildman–Crippen MR) is 113 cm³/mol. The zero-order valence-corrected chi connectivity index (χ0v) is 18.3. The van der Waals surface area contributed by atoms with E-state index in [-0.39, 0.29) is 11.6 Å². The first-order valence-electron chi connectivity index (χ1n) is 9.43. The number of halogens is 3. The second-order valence-corrected chi connectivity index (χ2v) is 7.68. The SMILES string of the molecule is COc1cccc(OC)c1OCC(O)CN1CCOC(c2cc(F)c(Cl)cc2Cl)C1. The van der Waals surface area contributed by atoms with E-state index >= 15 is 0 Å². The summed E-state index contributed by atoms with van der Waals surface area (Å²) in [4.78, 5) is 2.02. The van der Waals surface area contributed by atoms with Crippen molar-refractivity contribution in [2.45, 2.75) is 12.2 Å². The Balaban J connectivity index is 1.60. The monoisotopic (exact) mass is 459 g/mol. The molecule has 3 rings (SSSR count). The molecule has 30 heavy (non-hydrogen) atoms. The van der Waals surface area contributed by atoms with Crippen molar-refractivity contribution in [1.29, 1.82) is 0 Å². The maximum atomic E-state index is 13.9. The number of rotatable bonds is 8. The zero-order chi connectivity index (χ0) is 21.7. The summed E-state index contributed by atoms with van der Waals surface area (Å²) in [6.45, 7) is 1.91. The normalized spacial score (nSPS) is 18.1. The van der Waals surface area contributed by atoms with Gasteiger partial charge in [-0.3, -0.25) is 4.90 Å². The third-order valence-electron chi connectivity index (χ3n) is 4.81. The number of para-hydroxylation sites is 1. The maximum absolute atomic E-state index is 13.9. The third-order valence-corrected chi connectivity index (χ3v) is 5.43. The van der Waals surface area contributed by atoms with Crippen molar-refractivity contribution in [2.24, 2.45) is 0 Å². The molecule has 2 atom stereocenters. The van der Waals surface area contributed by atoms with Crippen LogP contribution in [0.5, 0.6) is 17.2 Å². The van der Waals surface area contributed by atoms with E-state index in [1.54, 1.807) is 18.2 Å². The van der Waals surface area contributed by atoms with Crippen molar-refractivity contribution in [3.63, 3.8) is 0 Å². The molecule has 1 aliphatic heterocycles. The first kappa shape index (κ1) is 22.9. The van der Waals surface area contributed by atoms with Gasteiger partial charge in [-0.15, -0.1) is 0 Å². The summed E-state index contributed by atoms with van der Waals surface area (Å²) in [5.74, 6) is 0.931.